The van der Waals surface area contributed by atoms with Gasteiger partial charge in [-0.15, -0.1) is 0 Å². The molecule has 0 amide bonds. The van der Waals surface area contributed by atoms with Gasteiger partial charge in [0.1, 0.15) is 30.2 Å². The number of rotatable bonds is 5. The number of phenolic OH excluding ortho intramolecular Hbond substituents is 1. The summed E-state index contributed by atoms with van der Waals surface area (Å²) >= 11 is 0. The Balaban J connectivity index is 1.54. The highest BCUT2D eigenvalue weighted by Crippen LogP contribution is 2.70. The number of ketones is 1. The summed E-state index contributed by atoms with van der Waals surface area (Å²) in [5, 5.41) is 22.5. The number of hydrogen-bond donors (Lipinski definition) is 2. The number of cyclic esters (lactones) is 1. The van der Waals surface area contributed by atoms with Crippen molar-refractivity contribution in [2.24, 2.45) is 11.8 Å². The molecule has 11 heteroatoms. The second-order valence-corrected chi connectivity index (χ2v) is 14.6. The van der Waals surface area contributed by atoms with Gasteiger partial charge in [0, 0.05) is 36.0 Å². The van der Waals surface area contributed by atoms with Crippen LogP contribution in [0.1, 0.15) is 81.9 Å². The normalized spacial score (nSPS) is 33.2. The molecule has 0 aliphatic carbocycles. The predicted molar refractivity (Wildman–Crippen MR) is 170 cm³/mol. The van der Waals surface area contributed by atoms with E-state index in [0.717, 1.165) is 16.7 Å². The van der Waals surface area contributed by atoms with Crippen LogP contribution in [-0.4, -0.2) is 70.7 Å². The zero-order valence-electron chi connectivity index (χ0n) is 28.2. The van der Waals surface area contributed by atoms with E-state index in [1.165, 1.54) is 6.92 Å². The van der Waals surface area contributed by atoms with Crippen molar-refractivity contribution in [2.45, 2.75) is 109 Å². The van der Waals surface area contributed by atoms with E-state index in [0.29, 0.717) is 34.6 Å². The average molecular weight is 663 g/mol. The van der Waals surface area contributed by atoms with Gasteiger partial charge in [-0.3, -0.25) is 9.59 Å². The van der Waals surface area contributed by atoms with Gasteiger partial charge in [-0.2, -0.15) is 0 Å². The molecule has 11 nitrogen and oxygen atoms in total. The first kappa shape index (κ1) is 32.6. The van der Waals surface area contributed by atoms with E-state index in [4.69, 9.17) is 28.4 Å². The molecule has 0 radical (unpaired) electrons. The minimum Gasteiger partial charge on any atom is -0.508 e. The van der Waals surface area contributed by atoms with Crippen LogP contribution in [0, 0.1) is 18.8 Å². The molecule has 0 saturated carbocycles. The van der Waals surface area contributed by atoms with E-state index < -0.39 is 77.4 Å². The molecular weight excluding hydrogens is 620 g/mol. The first-order chi connectivity index (χ1) is 22.6. The number of allylic oxidation sites excluding steroid dienone is 2. The van der Waals surface area contributed by atoms with Crippen LogP contribution in [0.2, 0.25) is 0 Å². The summed E-state index contributed by atoms with van der Waals surface area (Å²) in [6, 6.07) is 7.17. The number of aryl methyl sites for hydroxylation is 1. The van der Waals surface area contributed by atoms with Crippen molar-refractivity contribution in [1.29, 1.82) is 0 Å². The van der Waals surface area contributed by atoms with Crippen LogP contribution in [0.3, 0.4) is 0 Å². The van der Waals surface area contributed by atoms with Gasteiger partial charge >= 0.3 is 11.9 Å². The summed E-state index contributed by atoms with van der Waals surface area (Å²) < 4.78 is 37.2. The Kier molecular flexibility index (Phi) is 7.69. The molecule has 5 aliphatic rings. The Labute approximate surface area is 279 Å². The molecule has 0 spiro atoms. The van der Waals surface area contributed by atoms with Crippen LogP contribution in [-0.2, 0) is 45.4 Å². The molecule has 256 valence electrons. The SMILES string of the molecule is CC(=O)O[C@@H]1C[C@@H](C)OC(=O)[C@H]2O[C@H]2[C@@H]2[C@@H](C1=O)[C@]1(c3cc(C)cc4c3O[C@H](C(C)(C)O)CO4)O[C@H]2c2c(O)ccc(CC=C(C)C)c21. The van der Waals surface area contributed by atoms with Crippen LogP contribution in [0.15, 0.2) is 35.9 Å². The van der Waals surface area contributed by atoms with Gasteiger partial charge in [-0.05, 0) is 77.3 Å². The first-order valence-electron chi connectivity index (χ1n) is 16.5. The molecule has 2 bridgehead atoms. The molecule has 3 fully saturated rings. The Hall–Kier alpha value is -3.93. The summed E-state index contributed by atoms with van der Waals surface area (Å²) in [5.41, 5.74) is 1.44. The third kappa shape index (κ3) is 5.09. The molecule has 3 saturated heterocycles. The lowest BCUT2D eigenvalue weighted by Gasteiger charge is -2.42. The standard InChI is InChI=1S/C37H42O11/c1-16(2)8-9-20-10-11-22(39)26-28(20)37(21-12-17(3)13-24-31(21)46-25(15-43-24)36(6,7)42)29-27(32(26)48-37)33-34(47-33)35(41)44-18(4)14-23(30(29)40)45-19(5)38/h8,10-13,18,23,25,27,29,32-34,39,42H,9,14-15H2,1-7H3/t18-,23-,25+,27-,29+,32+,33+,34+,37-/m1/s1. The van der Waals surface area contributed by atoms with Crippen LogP contribution in [0.25, 0.3) is 0 Å². The van der Waals surface area contributed by atoms with E-state index in [9.17, 15) is 19.8 Å². The number of carbonyl (C=O) groups excluding carboxylic acids is 3. The molecule has 2 aromatic carbocycles. The van der Waals surface area contributed by atoms with Crippen LogP contribution in [0.4, 0.5) is 0 Å². The van der Waals surface area contributed by atoms with Gasteiger partial charge < -0.3 is 38.6 Å². The maximum atomic E-state index is 15.1. The number of epoxide rings is 1. The summed E-state index contributed by atoms with van der Waals surface area (Å²) in [7, 11) is 0. The Morgan fingerprint density at radius 3 is 2.56 bits per heavy atom. The van der Waals surface area contributed by atoms with Crippen molar-refractivity contribution in [3.63, 3.8) is 0 Å². The summed E-state index contributed by atoms with van der Waals surface area (Å²) in [6.45, 7) is 12.1. The van der Waals surface area contributed by atoms with Gasteiger partial charge in [0.15, 0.2) is 35.6 Å². The zero-order chi connectivity index (χ0) is 34.4. The second-order valence-electron chi connectivity index (χ2n) is 14.6. The molecule has 2 N–H and O–H groups in total. The number of aliphatic hydroxyl groups is 1. The third-order valence-corrected chi connectivity index (χ3v) is 10.2. The largest absolute Gasteiger partial charge is 0.508 e. The number of fused-ring (bicyclic) bond motifs is 11. The first-order valence-corrected chi connectivity index (χ1v) is 16.5. The maximum Gasteiger partial charge on any atom is 0.338 e. The van der Waals surface area contributed by atoms with Crippen molar-refractivity contribution >= 4 is 17.7 Å². The second kappa shape index (κ2) is 11.3. The smallest absolute Gasteiger partial charge is 0.338 e. The maximum absolute atomic E-state index is 15.1. The molecule has 9 atom stereocenters. The number of hydrogen-bond acceptors (Lipinski definition) is 11. The number of aromatic hydroxyl groups is 1. The van der Waals surface area contributed by atoms with Crippen molar-refractivity contribution < 1.29 is 53.0 Å². The molecule has 48 heavy (non-hydrogen) atoms. The Morgan fingerprint density at radius 1 is 1.12 bits per heavy atom. The van der Waals surface area contributed by atoms with Gasteiger partial charge in [-0.25, -0.2) is 4.79 Å². The minimum absolute atomic E-state index is 0.0150. The lowest BCUT2D eigenvalue weighted by atomic mass is 9.60. The molecule has 5 aliphatic heterocycles. The van der Waals surface area contributed by atoms with E-state index in [1.807, 2.05) is 39.0 Å². The Bertz CT molecular complexity index is 1730. The van der Waals surface area contributed by atoms with E-state index in [2.05, 4.69) is 6.08 Å². The average Bonchev–Trinajstić information content (AvgIpc) is 3.62. The number of carbonyl (C=O) groups is 3. The van der Waals surface area contributed by atoms with Crippen molar-refractivity contribution in [2.75, 3.05) is 6.61 Å². The van der Waals surface area contributed by atoms with Crippen LogP contribution < -0.4 is 9.47 Å². The molecule has 0 unspecified atom stereocenters. The zero-order valence-corrected chi connectivity index (χ0v) is 28.2. The topological polar surface area (TPSA) is 150 Å². The number of Topliss-reactive ketones (excluding diaryl/α,β-unsaturated/α-hetero) is 1. The third-order valence-electron chi connectivity index (χ3n) is 10.2. The molecule has 0 aromatic heterocycles. The molecule has 7 rings (SSSR count). The molecule has 5 heterocycles. The summed E-state index contributed by atoms with van der Waals surface area (Å²) in [4.78, 5) is 40.8. The quantitative estimate of drug-likeness (QED) is 0.268. The number of phenols is 1. The van der Waals surface area contributed by atoms with Crippen molar-refractivity contribution in [3.8, 4) is 17.2 Å². The van der Waals surface area contributed by atoms with Crippen molar-refractivity contribution in [3.05, 3.63) is 63.7 Å². The van der Waals surface area contributed by atoms with Gasteiger partial charge in [0.25, 0.3) is 0 Å². The molecule has 2 aromatic rings. The van der Waals surface area contributed by atoms with E-state index in [1.54, 1.807) is 26.8 Å². The van der Waals surface area contributed by atoms with Gasteiger partial charge in [0.2, 0.25) is 0 Å². The van der Waals surface area contributed by atoms with Crippen LogP contribution in [0.5, 0.6) is 17.2 Å². The fourth-order valence-electron chi connectivity index (χ4n) is 8.02. The fourth-order valence-corrected chi connectivity index (χ4v) is 8.02. The minimum atomic E-state index is -1.59. The summed E-state index contributed by atoms with van der Waals surface area (Å²) in [5.74, 6) is -2.73. The van der Waals surface area contributed by atoms with Gasteiger partial charge in [0.05, 0.1) is 17.6 Å². The number of benzene rings is 2. The lowest BCUT2D eigenvalue weighted by Crippen LogP contribution is -2.51. The molecular formula is C37H42O11. The monoisotopic (exact) mass is 662 g/mol. The predicted octanol–water partition coefficient (Wildman–Crippen LogP) is 4.28. The number of ether oxygens (including phenoxy) is 6. The lowest BCUT2D eigenvalue weighted by molar-refractivity contribution is -0.162. The van der Waals surface area contributed by atoms with Crippen molar-refractivity contribution in [1.82, 2.24) is 0 Å². The number of esters is 2. The Morgan fingerprint density at radius 2 is 1.88 bits per heavy atom. The highest BCUT2D eigenvalue weighted by atomic mass is 16.6. The summed E-state index contributed by atoms with van der Waals surface area (Å²) in [6.07, 6.45) is -2.86. The fraction of sp³-hybridized carbons (Fsp3) is 0.541. The highest BCUT2D eigenvalue weighted by molar-refractivity contribution is 5.92. The van der Waals surface area contributed by atoms with Gasteiger partial charge in [-0.1, -0.05) is 17.7 Å². The van der Waals surface area contributed by atoms with E-state index >= 15 is 4.79 Å². The van der Waals surface area contributed by atoms with E-state index in [-0.39, 0.29) is 18.8 Å². The van der Waals surface area contributed by atoms with Crippen LogP contribution >= 0.6 is 0 Å². The highest BCUT2D eigenvalue weighted by Gasteiger charge is 2.74.